The summed E-state index contributed by atoms with van der Waals surface area (Å²) in [6.45, 7) is 2.10. The first-order chi connectivity index (χ1) is 8.70. The van der Waals surface area contributed by atoms with Gasteiger partial charge in [0.15, 0.2) is 5.78 Å². The maximum absolute atomic E-state index is 12.3. The lowest BCUT2D eigenvalue weighted by molar-refractivity contribution is 0.103. The number of rotatable bonds is 3. The van der Waals surface area contributed by atoms with Crippen molar-refractivity contribution in [2.24, 2.45) is 5.92 Å². The first-order valence-corrected chi connectivity index (χ1v) is 7.18. The molecule has 2 heteroatoms. The first kappa shape index (κ1) is 12.9. The molecular weight excluding hydrogens is 240 g/mol. The molecule has 1 aromatic carbocycles. The van der Waals surface area contributed by atoms with Crippen LogP contribution in [-0.4, -0.2) is 12.0 Å². The minimum absolute atomic E-state index is 0.0812. The number of ketones is 1. The Bertz CT molecular complexity index is 521. The van der Waals surface area contributed by atoms with Crippen LogP contribution in [-0.2, 0) is 0 Å². The van der Waals surface area contributed by atoms with E-state index in [-0.39, 0.29) is 5.78 Å². The average molecular weight is 256 g/mol. The Labute approximate surface area is 112 Å². The molecule has 0 amide bonds. The van der Waals surface area contributed by atoms with Gasteiger partial charge in [-0.05, 0) is 36.4 Å². The Kier molecular flexibility index (Phi) is 4.21. The quantitative estimate of drug-likeness (QED) is 0.593. The molecule has 0 saturated carbocycles. The van der Waals surface area contributed by atoms with Crippen molar-refractivity contribution in [2.45, 2.75) is 11.8 Å². The topological polar surface area (TPSA) is 17.1 Å². The molecule has 92 valence electrons. The third-order valence-corrected chi connectivity index (χ3v) is 3.63. The summed E-state index contributed by atoms with van der Waals surface area (Å²) in [6.07, 6.45) is 11.9. The Morgan fingerprint density at radius 3 is 2.56 bits per heavy atom. The molecule has 1 atom stereocenters. The van der Waals surface area contributed by atoms with E-state index in [1.165, 1.54) is 4.90 Å². The number of hydrogen-bond acceptors (Lipinski definition) is 2. The smallest absolute Gasteiger partial charge is 0.193 e. The van der Waals surface area contributed by atoms with Crippen LogP contribution in [0.25, 0.3) is 0 Å². The molecule has 2 rings (SSSR count). The van der Waals surface area contributed by atoms with E-state index in [4.69, 9.17) is 0 Å². The molecule has 0 spiro atoms. The number of allylic oxidation sites excluding steroid dienone is 6. The highest BCUT2D eigenvalue weighted by molar-refractivity contribution is 7.98. The van der Waals surface area contributed by atoms with Gasteiger partial charge in [-0.25, -0.2) is 0 Å². The number of benzene rings is 1. The Balaban J connectivity index is 2.23. The molecule has 0 heterocycles. The van der Waals surface area contributed by atoms with E-state index in [0.29, 0.717) is 5.92 Å². The van der Waals surface area contributed by atoms with Gasteiger partial charge in [-0.1, -0.05) is 37.3 Å². The molecule has 0 saturated heterocycles. The molecule has 0 N–H and O–H groups in total. The summed E-state index contributed by atoms with van der Waals surface area (Å²) in [5.74, 6) is 0.461. The molecule has 1 aliphatic carbocycles. The van der Waals surface area contributed by atoms with E-state index in [9.17, 15) is 4.79 Å². The second kappa shape index (κ2) is 5.87. The molecule has 0 aliphatic heterocycles. The van der Waals surface area contributed by atoms with E-state index in [1.54, 1.807) is 11.8 Å². The van der Waals surface area contributed by atoms with Crippen LogP contribution in [0.2, 0.25) is 0 Å². The Hall–Kier alpha value is -1.54. The molecule has 18 heavy (non-hydrogen) atoms. The largest absolute Gasteiger partial charge is 0.289 e. The maximum atomic E-state index is 12.3. The molecular formula is C16H16OS. The SMILES string of the molecule is CSc1ccc(C(=O)C2=CC=CC(C)C=C2)cc1. The number of hydrogen-bond donors (Lipinski definition) is 0. The van der Waals surface area contributed by atoms with Gasteiger partial charge in [0.05, 0.1) is 0 Å². The zero-order valence-corrected chi connectivity index (χ0v) is 11.4. The van der Waals surface area contributed by atoms with Gasteiger partial charge in [-0.15, -0.1) is 11.8 Å². The van der Waals surface area contributed by atoms with Gasteiger partial charge in [0, 0.05) is 16.0 Å². The maximum Gasteiger partial charge on any atom is 0.193 e. The fourth-order valence-corrected chi connectivity index (χ4v) is 2.18. The van der Waals surface area contributed by atoms with Crippen molar-refractivity contribution in [1.82, 2.24) is 0 Å². The van der Waals surface area contributed by atoms with Crippen molar-refractivity contribution in [3.63, 3.8) is 0 Å². The second-order valence-electron chi connectivity index (χ2n) is 4.28. The van der Waals surface area contributed by atoms with Gasteiger partial charge in [0.25, 0.3) is 0 Å². The third kappa shape index (κ3) is 3.02. The molecule has 0 bridgehead atoms. The van der Waals surface area contributed by atoms with Crippen LogP contribution < -0.4 is 0 Å². The van der Waals surface area contributed by atoms with Gasteiger partial charge < -0.3 is 0 Å². The lowest BCUT2D eigenvalue weighted by atomic mass is 10.0. The molecule has 0 fully saturated rings. The zero-order chi connectivity index (χ0) is 13.0. The van der Waals surface area contributed by atoms with Crippen molar-refractivity contribution in [3.8, 4) is 0 Å². The van der Waals surface area contributed by atoms with Crippen LogP contribution >= 0.6 is 11.8 Å². The summed E-state index contributed by atoms with van der Waals surface area (Å²) in [7, 11) is 0. The third-order valence-electron chi connectivity index (χ3n) is 2.88. The van der Waals surface area contributed by atoms with E-state index >= 15 is 0 Å². The van der Waals surface area contributed by atoms with Crippen LogP contribution in [0.3, 0.4) is 0 Å². The number of Topliss-reactive ketones (excluding diaryl/α,β-unsaturated/α-hetero) is 1. The highest BCUT2D eigenvalue weighted by Gasteiger charge is 2.10. The summed E-state index contributed by atoms with van der Waals surface area (Å²) in [4.78, 5) is 13.5. The van der Waals surface area contributed by atoms with Gasteiger partial charge in [-0.3, -0.25) is 4.79 Å². The van der Waals surface area contributed by atoms with Gasteiger partial charge in [-0.2, -0.15) is 0 Å². The molecule has 0 aromatic heterocycles. The highest BCUT2D eigenvalue weighted by Crippen LogP contribution is 2.18. The number of thioether (sulfide) groups is 1. The lowest BCUT2D eigenvalue weighted by Gasteiger charge is -2.02. The number of carbonyl (C=O) groups is 1. The van der Waals surface area contributed by atoms with Gasteiger partial charge >= 0.3 is 0 Å². The standard InChI is InChI=1S/C16H16OS/c1-12-4-3-5-13(7-6-12)16(17)14-8-10-15(18-2)11-9-14/h3-12H,1-2H3. The predicted molar refractivity (Wildman–Crippen MR) is 78.1 cm³/mol. The Morgan fingerprint density at radius 1 is 1.17 bits per heavy atom. The Morgan fingerprint density at radius 2 is 1.89 bits per heavy atom. The van der Waals surface area contributed by atoms with Crippen molar-refractivity contribution >= 4 is 17.5 Å². The molecule has 0 radical (unpaired) electrons. The van der Waals surface area contributed by atoms with E-state index in [2.05, 4.69) is 13.0 Å². The van der Waals surface area contributed by atoms with Crippen LogP contribution in [0.15, 0.2) is 65.1 Å². The first-order valence-electron chi connectivity index (χ1n) is 5.96. The van der Waals surface area contributed by atoms with Gasteiger partial charge in [0.1, 0.15) is 0 Å². The summed E-state index contributed by atoms with van der Waals surface area (Å²) < 4.78 is 0. The molecule has 1 nitrogen and oxygen atoms in total. The lowest BCUT2D eigenvalue weighted by Crippen LogP contribution is -2.01. The normalized spacial score (nSPS) is 18.3. The van der Waals surface area contributed by atoms with Crippen LogP contribution in [0.1, 0.15) is 17.3 Å². The van der Waals surface area contributed by atoms with Crippen LogP contribution in [0.5, 0.6) is 0 Å². The fraction of sp³-hybridized carbons (Fsp3) is 0.188. The average Bonchev–Trinajstić information content (AvgIpc) is 2.63. The van der Waals surface area contributed by atoms with Crippen molar-refractivity contribution in [1.29, 1.82) is 0 Å². The highest BCUT2D eigenvalue weighted by atomic mass is 32.2. The van der Waals surface area contributed by atoms with E-state index < -0.39 is 0 Å². The minimum atomic E-state index is 0.0812. The summed E-state index contributed by atoms with van der Waals surface area (Å²) >= 11 is 1.68. The molecule has 1 aliphatic rings. The van der Waals surface area contributed by atoms with Crippen molar-refractivity contribution in [3.05, 3.63) is 65.8 Å². The van der Waals surface area contributed by atoms with Crippen LogP contribution in [0.4, 0.5) is 0 Å². The summed E-state index contributed by atoms with van der Waals surface area (Å²) in [6, 6.07) is 7.75. The minimum Gasteiger partial charge on any atom is -0.289 e. The predicted octanol–water partition coefficient (Wildman–Crippen LogP) is 4.28. The van der Waals surface area contributed by atoms with Crippen molar-refractivity contribution < 1.29 is 4.79 Å². The van der Waals surface area contributed by atoms with Gasteiger partial charge in [0.2, 0.25) is 0 Å². The second-order valence-corrected chi connectivity index (χ2v) is 5.16. The summed E-state index contributed by atoms with van der Waals surface area (Å²) in [5.41, 5.74) is 1.49. The van der Waals surface area contributed by atoms with Crippen molar-refractivity contribution in [2.75, 3.05) is 6.26 Å². The monoisotopic (exact) mass is 256 g/mol. The van der Waals surface area contributed by atoms with E-state index in [0.717, 1.165) is 11.1 Å². The number of carbonyl (C=O) groups excluding carboxylic acids is 1. The molecule has 1 aromatic rings. The molecule has 1 unspecified atom stereocenters. The van der Waals surface area contributed by atoms with Crippen LogP contribution in [0, 0.1) is 5.92 Å². The van der Waals surface area contributed by atoms with E-state index in [1.807, 2.05) is 54.8 Å². The fourth-order valence-electron chi connectivity index (χ4n) is 1.77. The summed E-state index contributed by atoms with van der Waals surface area (Å²) in [5, 5.41) is 0. The zero-order valence-electron chi connectivity index (χ0n) is 10.6.